The Morgan fingerprint density at radius 3 is 2.46 bits per heavy atom. The molecule has 1 rings (SSSR count). The molecule has 1 unspecified atom stereocenters. The maximum absolute atomic E-state index is 12.5. The molecule has 2 heteroatoms. The van der Waals surface area contributed by atoms with Gasteiger partial charge in [-0.1, -0.05) is 18.2 Å². The summed E-state index contributed by atoms with van der Waals surface area (Å²) in [5, 5.41) is 0. The summed E-state index contributed by atoms with van der Waals surface area (Å²) in [5.41, 5.74) is 6.61. The lowest BCUT2D eigenvalue weighted by Gasteiger charge is -2.08. The standard InChI is InChI=1S/C11H14FN/c1-2-9(8-13)7-10-3-5-11(12)6-4-10/h2-6,9H,1,7-8,13H2. The highest BCUT2D eigenvalue weighted by Gasteiger charge is 2.02. The van der Waals surface area contributed by atoms with Gasteiger partial charge in [0, 0.05) is 0 Å². The highest BCUT2D eigenvalue weighted by molar-refractivity contribution is 5.17. The van der Waals surface area contributed by atoms with Gasteiger partial charge in [0.2, 0.25) is 0 Å². The molecule has 0 aliphatic heterocycles. The molecular weight excluding hydrogens is 165 g/mol. The van der Waals surface area contributed by atoms with E-state index in [4.69, 9.17) is 5.73 Å². The fraction of sp³-hybridized carbons (Fsp3) is 0.273. The van der Waals surface area contributed by atoms with Crippen LogP contribution in [0.5, 0.6) is 0 Å². The van der Waals surface area contributed by atoms with Gasteiger partial charge in [0.05, 0.1) is 0 Å². The lowest BCUT2D eigenvalue weighted by Crippen LogP contribution is -2.14. The van der Waals surface area contributed by atoms with Crippen molar-refractivity contribution >= 4 is 0 Å². The first-order valence-electron chi connectivity index (χ1n) is 4.33. The van der Waals surface area contributed by atoms with Crippen molar-refractivity contribution in [1.82, 2.24) is 0 Å². The van der Waals surface area contributed by atoms with E-state index in [2.05, 4.69) is 6.58 Å². The third-order valence-corrected chi connectivity index (χ3v) is 2.05. The molecule has 0 amide bonds. The van der Waals surface area contributed by atoms with Crippen LogP contribution in [0, 0.1) is 11.7 Å². The summed E-state index contributed by atoms with van der Waals surface area (Å²) in [7, 11) is 0. The van der Waals surface area contributed by atoms with Gasteiger partial charge in [0.25, 0.3) is 0 Å². The molecule has 0 heterocycles. The molecule has 1 aromatic rings. The molecule has 0 aromatic heterocycles. The lowest BCUT2D eigenvalue weighted by atomic mass is 10.00. The van der Waals surface area contributed by atoms with E-state index in [0.717, 1.165) is 12.0 Å². The molecule has 70 valence electrons. The summed E-state index contributed by atoms with van der Waals surface area (Å²) >= 11 is 0. The van der Waals surface area contributed by atoms with E-state index in [1.807, 2.05) is 6.08 Å². The van der Waals surface area contributed by atoms with Gasteiger partial charge in [0.15, 0.2) is 0 Å². The highest BCUT2D eigenvalue weighted by Crippen LogP contribution is 2.09. The quantitative estimate of drug-likeness (QED) is 0.704. The van der Waals surface area contributed by atoms with E-state index < -0.39 is 0 Å². The number of hydrogen-bond acceptors (Lipinski definition) is 1. The van der Waals surface area contributed by atoms with Crippen LogP contribution in [0.25, 0.3) is 0 Å². The van der Waals surface area contributed by atoms with E-state index >= 15 is 0 Å². The Hall–Kier alpha value is -1.15. The second kappa shape index (κ2) is 4.77. The van der Waals surface area contributed by atoms with E-state index in [1.54, 1.807) is 12.1 Å². The van der Waals surface area contributed by atoms with Crippen LogP contribution in [0.4, 0.5) is 4.39 Å². The zero-order valence-electron chi connectivity index (χ0n) is 7.54. The van der Waals surface area contributed by atoms with E-state index in [1.165, 1.54) is 12.1 Å². The van der Waals surface area contributed by atoms with Crippen LogP contribution in [0.15, 0.2) is 36.9 Å². The van der Waals surface area contributed by atoms with Crippen LogP contribution in [-0.4, -0.2) is 6.54 Å². The van der Waals surface area contributed by atoms with E-state index in [0.29, 0.717) is 6.54 Å². The van der Waals surface area contributed by atoms with Gasteiger partial charge >= 0.3 is 0 Å². The molecule has 0 aliphatic carbocycles. The minimum atomic E-state index is -0.202. The average Bonchev–Trinajstić information content (AvgIpc) is 2.17. The minimum absolute atomic E-state index is 0.202. The highest BCUT2D eigenvalue weighted by atomic mass is 19.1. The van der Waals surface area contributed by atoms with Crippen molar-refractivity contribution in [3.05, 3.63) is 48.3 Å². The van der Waals surface area contributed by atoms with Crippen LogP contribution in [0.3, 0.4) is 0 Å². The van der Waals surface area contributed by atoms with E-state index in [-0.39, 0.29) is 11.7 Å². The van der Waals surface area contributed by atoms with Crippen LogP contribution < -0.4 is 5.73 Å². The Balaban J connectivity index is 2.63. The first-order chi connectivity index (χ1) is 6.26. The smallest absolute Gasteiger partial charge is 0.123 e. The zero-order valence-corrected chi connectivity index (χ0v) is 7.54. The molecule has 0 saturated heterocycles. The van der Waals surface area contributed by atoms with Crippen molar-refractivity contribution < 1.29 is 4.39 Å². The van der Waals surface area contributed by atoms with Crippen LogP contribution >= 0.6 is 0 Å². The zero-order chi connectivity index (χ0) is 9.68. The number of benzene rings is 1. The lowest BCUT2D eigenvalue weighted by molar-refractivity contribution is 0.623. The second-order valence-corrected chi connectivity index (χ2v) is 3.06. The fourth-order valence-electron chi connectivity index (χ4n) is 1.19. The molecule has 0 bridgehead atoms. The second-order valence-electron chi connectivity index (χ2n) is 3.06. The SMILES string of the molecule is C=CC(CN)Cc1ccc(F)cc1. The minimum Gasteiger partial charge on any atom is -0.330 e. The Kier molecular flexibility index (Phi) is 3.65. The molecule has 1 nitrogen and oxygen atoms in total. The van der Waals surface area contributed by atoms with Crippen LogP contribution in [-0.2, 0) is 6.42 Å². The maximum Gasteiger partial charge on any atom is 0.123 e. The number of nitrogens with two attached hydrogens (primary N) is 1. The summed E-state index contributed by atoms with van der Waals surface area (Å²) < 4.78 is 12.5. The normalized spacial score (nSPS) is 12.5. The summed E-state index contributed by atoms with van der Waals surface area (Å²) in [6.45, 7) is 4.28. The van der Waals surface area contributed by atoms with E-state index in [9.17, 15) is 4.39 Å². The molecule has 0 fully saturated rings. The summed E-state index contributed by atoms with van der Waals surface area (Å²) in [6.07, 6.45) is 2.67. The van der Waals surface area contributed by atoms with Crippen molar-refractivity contribution in [2.45, 2.75) is 6.42 Å². The summed E-state index contributed by atoms with van der Waals surface area (Å²) in [5.74, 6) is 0.0807. The van der Waals surface area contributed by atoms with Crippen molar-refractivity contribution in [2.24, 2.45) is 11.7 Å². The monoisotopic (exact) mass is 179 g/mol. The predicted octanol–water partition coefficient (Wildman–Crippen LogP) is 2.13. The van der Waals surface area contributed by atoms with Crippen molar-refractivity contribution in [2.75, 3.05) is 6.54 Å². The molecule has 1 aromatic carbocycles. The van der Waals surface area contributed by atoms with Gasteiger partial charge in [-0.2, -0.15) is 0 Å². The maximum atomic E-state index is 12.5. The van der Waals surface area contributed by atoms with Gasteiger partial charge in [-0.25, -0.2) is 4.39 Å². The average molecular weight is 179 g/mol. The molecule has 2 N–H and O–H groups in total. The first-order valence-corrected chi connectivity index (χ1v) is 4.33. The third kappa shape index (κ3) is 2.99. The Morgan fingerprint density at radius 2 is 2.00 bits per heavy atom. The molecule has 0 saturated carbocycles. The molecule has 0 aliphatic rings. The van der Waals surface area contributed by atoms with Gasteiger partial charge < -0.3 is 5.73 Å². The molecule has 0 radical (unpaired) electrons. The largest absolute Gasteiger partial charge is 0.330 e. The fourth-order valence-corrected chi connectivity index (χ4v) is 1.19. The van der Waals surface area contributed by atoms with Gasteiger partial charge in [-0.3, -0.25) is 0 Å². The van der Waals surface area contributed by atoms with Crippen molar-refractivity contribution in [3.63, 3.8) is 0 Å². The Bertz CT molecular complexity index is 266. The van der Waals surface area contributed by atoms with Crippen molar-refractivity contribution in [3.8, 4) is 0 Å². The first kappa shape index (κ1) is 9.93. The summed E-state index contributed by atoms with van der Waals surface area (Å²) in [6, 6.07) is 6.49. The van der Waals surface area contributed by atoms with Gasteiger partial charge in [-0.15, -0.1) is 6.58 Å². The molecular formula is C11H14FN. The third-order valence-electron chi connectivity index (χ3n) is 2.05. The predicted molar refractivity (Wildman–Crippen MR) is 52.8 cm³/mol. The van der Waals surface area contributed by atoms with Crippen molar-refractivity contribution in [1.29, 1.82) is 0 Å². The number of rotatable bonds is 4. The Morgan fingerprint density at radius 1 is 1.38 bits per heavy atom. The van der Waals surface area contributed by atoms with Crippen LogP contribution in [0.2, 0.25) is 0 Å². The Labute approximate surface area is 78.1 Å². The number of hydrogen-bond donors (Lipinski definition) is 1. The van der Waals surface area contributed by atoms with Gasteiger partial charge in [-0.05, 0) is 36.6 Å². The molecule has 13 heavy (non-hydrogen) atoms. The number of halogens is 1. The topological polar surface area (TPSA) is 26.0 Å². The van der Waals surface area contributed by atoms with Crippen LogP contribution in [0.1, 0.15) is 5.56 Å². The molecule has 0 spiro atoms. The molecule has 1 atom stereocenters. The van der Waals surface area contributed by atoms with Gasteiger partial charge in [0.1, 0.15) is 5.82 Å². The summed E-state index contributed by atoms with van der Waals surface area (Å²) in [4.78, 5) is 0.